The molecule has 1 amide bonds. The van der Waals surface area contributed by atoms with Gasteiger partial charge in [0.15, 0.2) is 0 Å². The highest BCUT2D eigenvalue weighted by Crippen LogP contribution is 2.20. The first-order valence-corrected chi connectivity index (χ1v) is 6.43. The summed E-state index contributed by atoms with van der Waals surface area (Å²) in [7, 11) is 0. The van der Waals surface area contributed by atoms with E-state index in [0.29, 0.717) is 0 Å². The molecule has 0 radical (unpaired) electrons. The first-order chi connectivity index (χ1) is 8.32. The minimum atomic E-state index is -1.09. The van der Waals surface area contributed by atoms with Crippen LogP contribution in [0.25, 0.3) is 0 Å². The van der Waals surface area contributed by atoms with Gasteiger partial charge in [-0.1, -0.05) is 13.8 Å². The van der Waals surface area contributed by atoms with Crippen LogP contribution in [0.1, 0.15) is 24.2 Å². The normalized spacial score (nSPS) is 12.2. The number of phenolic OH excluding ortho intramolecular Hbond substituents is 1. The predicted octanol–water partition coefficient (Wildman–Crippen LogP) is 1.84. The largest absolute Gasteiger partial charge is 0.507 e. The van der Waals surface area contributed by atoms with Gasteiger partial charge in [0.2, 0.25) is 0 Å². The van der Waals surface area contributed by atoms with E-state index >= 15 is 0 Å². The third kappa shape index (κ3) is 3.59. The second-order valence-corrected chi connectivity index (χ2v) is 5.44. The Labute approximate surface area is 118 Å². The number of carbonyl (C=O) groups is 2. The Hall–Kier alpha value is -1.31. The molecule has 0 saturated heterocycles. The molecule has 1 aromatic carbocycles. The molecule has 1 atom stereocenters. The van der Waals surface area contributed by atoms with Gasteiger partial charge in [-0.05, 0) is 46.7 Å². The third-order valence-corrected chi connectivity index (χ3v) is 3.09. The lowest BCUT2D eigenvalue weighted by atomic mass is 10.0. The molecule has 0 aromatic heterocycles. The lowest BCUT2D eigenvalue weighted by Gasteiger charge is -2.18. The molecule has 0 aliphatic carbocycles. The number of carboxylic acid groups (broad SMARTS) is 1. The van der Waals surface area contributed by atoms with E-state index < -0.39 is 17.9 Å². The number of aliphatic carboxylic acids is 1. The maximum Gasteiger partial charge on any atom is 0.326 e. The summed E-state index contributed by atoms with van der Waals surface area (Å²) in [6.45, 7) is 3.40. The van der Waals surface area contributed by atoms with Crippen molar-refractivity contribution >= 4 is 34.5 Å². The van der Waals surface area contributed by atoms with Crippen LogP contribution in [0.15, 0.2) is 18.2 Å². The second kappa shape index (κ2) is 6.03. The van der Waals surface area contributed by atoms with E-state index in [0.717, 1.165) is 3.57 Å². The molecule has 18 heavy (non-hydrogen) atoms. The lowest BCUT2D eigenvalue weighted by molar-refractivity contribution is -0.140. The topological polar surface area (TPSA) is 86.6 Å². The van der Waals surface area contributed by atoms with Gasteiger partial charge in [-0.15, -0.1) is 0 Å². The number of phenols is 1. The first kappa shape index (κ1) is 14.7. The van der Waals surface area contributed by atoms with Crippen molar-refractivity contribution in [3.05, 3.63) is 27.3 Å². The van der Waals surface area contributed by atoms with Gasteiger partial charge in [-0.3, -0.25) is 4.79 Å². The molecule has 5 nitrogen and oxygen atoms in total. The van der Waals surface area contributed by atoms with E-state index in [1.807, 2.05) is 22.6 Å². The molecule has 1 aromatic rings. The molecule has 0 bridgehead atoms. The van der Waals surface area contributed by atoms with E-state index in [1.165, 1.54) is 12.1 Å². The summed E-state index contributed by atoms with van der Waals surface area (Å²) in [4.78, 5) is 22.9. The average Bonchev–Trinajstić information content (AvgIpc) is 2.28. The molecule has 3 N–H and O–H groups in total. The number of carbonyl (C=O) groups excluding carboxylic acids is 1. The van der Waals surface area contributed by atoms with Gasteiger partial charge in [0, 0.05) is 3.57 Å². The van der Waals surface area contributed by atoms with E-state index in [1.54, 1.807) is 19.9 Å². The molecular weight excluding hydrogens is 349 g/mol. The number of amides is 1. The van der Waals surface area contributed by atoms with Crippen molar-refractivity contribution in [1.29, 1.82) is 0 Å². The van der Waals surface area contributed by atoms with Crippen LogP contribution in [0.3, 0.4) is 0 Å². The SMILES string of the molecule is CC(C)C(NC(=O)c1cc(I)ccc1O)C(=O)O. The van der Waals surface area contributed by atoms with Gasteiger partial charge in [0.05, 0.1) is 5.56 Å². The van der Waals surface area contributed by atoms with Crippen molar-refractivity contribution in [2.24, 2.45) is 5.92 Å². The Morgan fingerprint density at radius 2 is 1.94 bits per heavy atom. The highest BCUT2D eigenvalue weighted by Gasteiger charge is 2.25. The zero-order chi connectivity index (χ0) is 13.9. The minimum absolute atomic E-state index is 0.0776. The fourth-order valence-electron chi connectivity index (χ4n) is 1.42. The van der Waals surface area contributed by atoms with Crippen LogP contribution < -0.4 is 5.32 Å². The Morgan fingerprint density at radius 3 is 2.44 bits per heavy atom. The molecule has 0 spiro atoms. The van der Waals surface area contributed by atoms with Crippen LogP contribution in [-0.2, 0) is 4.79 Å². The number of aromatic hydroxyl groups is 1. The third-order valence-electron chi connectivity index (χ3n) is 2.42. The Bertz CT molecular complexity index is 473. The maximum absolute atomic E-state index is 11.9. The average molecular weight is 363 g/mol. The molecule has 0 saturated carbocycles. The molecule has 0 fully saturated rings. The summed E-state index contributed by atoms with van der Waals surface area (Å²) < 4.78 is 0.784. The first-order valence-electron chi connectivity index (χ1n) is 5.35. The van der Waals surface area contributed by atoms with Crippen LogP contribution >= 0.6 is 22.6 Å². The summed E-state index contributed by atoms with van der Waals surface area (Å²) in [5.74, 6) is -2.09. The van der Waals surface area contributed by atoms with E-state index in [4.69, 9.17) is 5.11 Å². The van der Waals surface area contributed by atoms with Crippen LogP contribution in [0.2, 0.25) is 0 Å². The highest BCUT2D eigenvalue weighted by molar-refractivity contribution is 14.1. The number of carboxylic acids is 1. The van der Waals surface area contributed by atoms with Crippen molar-refractivity contribution < 1.29 is 19.8 Å². The Morgan fingerprint density at radius 1 is 1.33 bits per heavy atom. The van der Waals surface area contributed by atoms with Crippen LogP contribution in [0, 0.1) is 9.49 Å². The van der Waals surface area contributed by atoms with Gasteiger partial charge in [0.25, 0.3) is 5.91 Å². The van der Waals surface area contributed by atoms with E-state index in [-0.39, 0.29) is 17.2 Å². The fraction of sp³-hybridized carbons (Fsp3) is 0.333. The van der Waals surface area contributed by atoms with Crippen LogP contribution in [0.5, 0.6) is 5.75 Å². The molecule has 1 rings (SSSR count). The van der Waals surface area contributed by atoms with Crippen LogP contribution in [-0.4, -0.2) is 28.1 Å². The monoisotopic (exact) mass is 363 g/mol. The highest BCUT2D eigenvalue weighted by atomic mass is 127. The lowest BCUT2D eigenvalue weighted by Crippen LogP contribution is -2.44. The fourth-order valence-corrected chi connectivity index (χ4v) is 1.91. The van der Waals surface area contributed by atoms with Crippen molar-refractivity contribution in [3.8, 4) is 5.75 Å². The Kier molecular flexibility index (Phi) is 4.94. The molecule has 0 heterocycles. The molecule has 1 unspecified atom stereocenters. The zero-order valence-corrected chi connectivity index (χ0v) is 12.1. The summed E-state index contributed by atoms with van der Waals surface area (Å²) in [6.07, 6.45) is 0. The predicted molar refractivity (Wildman–Crippen MR) is 74.6 cm³/mol. The zero-order valence-electron chi connectivity index (χ0n) is 9.98. The molecule has 6 heteroatoms. The standard InChI is InChI=1S/C12H14INO4/c1-6(2)10(12(17)18)14-11(16)8-5-7(13)3-4-9(8)15/h3-6,10,15H,1-2H3,(H,14,16)(H,17,18). The van der Waals surface area contributed by atoms with Crippen molar-refractivity contribution in [1.82, 2.24) is 5.32 Å². The number of benzene rings is 1. The molecule has 98 valence electrons. The van der Waals surface area contributed by atoms with Crippen LogP contribution in [0.4, 0.5) is 0 Å². The second-order valence-electron chi connectivity index (χ2n) is 4.19. The molecule has 0 aliphatic rings. The summed E-state index contributed by atoms with van der Waals surface area (Å²) in [6, 6.07) is 3.59. The number of rotatable bonds is 4. The number of hydrogen-bond acceptors (Lipinski definition) is 3. The van der Waals surface area contributed by atoms with Gasteiger partial charge in [-0.25, -0.2) is 4.79 Å². The van der Waals surface area contributed by atoms with Gasteiger partial charge >= 0.3 is 5.97 Å². The van der Waals surface area contributed by atoms with Crippen molar-refractivity contribution in [2.45, 2.75) is 19.9 Å². The maximum atomic E-state index is 11.9. The van der Waals surface area contributed by atoms with Gasteiger partial charge in [-0.2, -0.15) is 0 Å². The number of halogens is 1. The van der Waals surface area contributed by atoms with Gasteiger partial charge < -0.3 is 15.5 Å². The smallest absolute Gasteiger partial charge is 0.326 e. The minimum Gasteiger partial charge on any atom is -0.507 e. The molecular formula is C12H14INO4. The molecule has 0 aliphatic heterocycles. The Balaban J connectivity index is 2.94. The van der Waals surface area contributed by atoms with E-state index in [2.05, 4.69) is 5.32 Å². The summed E-state index contributed by atoms with van der Waals surface area (Å²) in [5.41, 5.74) is 0.0776. The van der Waals surface area contributed by atoms with Crippen molar-refractivity contribution in [2.75, 3.05) is 0 Å². The number of hydrogen-bond donors (Lipinski definition) is 3. The van der Waals surface area contributed by atoms with Gasteiger partial charge in [0.1, 0.15) is 11.8 Å². The van der Waals surface area contributed by atoms with E-state index in [9.17, 15) is 14.7 Å². The summed E-state index contributed by atoms with van der Waals surface area (Å²) in [5, 5.41) is 21.0. The summed E-state index contributed by atoms with van der Waals surface area (Å²) >= 11 is 2.01. The van der Waals surface area contributed by atoms with Crippen molar-refractivity contribution in [3.63, 3.8) is 0 Å². The number of nitrogens with one attached hydrogen (secondary N) is 1. The quantitative estimate of drug-likeness (QED) is 0.713.